The van der Waals surface area contributed by atoms with E-state index in [0.717, 1.165) is 39.8 Å². The summed E-state index contributed by atoms with van der Waals surface area (Å²) in [5, 5.41) is 4.24. The van der Waals surface area contributed by atoms with Gasteiger partial charge in [-0.25, -0.2) is 9.59 Å². The zero-order valence-electron chi connectivity index (χ0n) is 18.9. The van der Waals surface area contributed by atoms with Crippen LogP contribution < -0.4 is 5.32 Å². The minimum atomic E-state index is -0.578. The number of nitrogens with one attached hydrogen (secondary N) is 1. The normalized spacial score (nSPS) is 11.1. The van der Waals surface area contributed by atoms with Gasteiger partial charge >= 0.3 is 11.9 Å². The van der Waals surface area contributed by atoms with E-state index in [1.165, 1.54) is 11.3 Å². The van der Waals surface area contributed by atoms with Crippen LogP contribution in [0.1, 0.15) is 74.9 Å². The Hall–Kier alpha value is -2.71. The van der Waals surface area contributed by atoms with E-state index in [1.807, 2.05) is 24.3 Å². The van der Waals surface area contributed by atoms with E-state index in [2.05, 4.69) is 12.2 Å². The molecule has 0 saturated heterocycles. The Labute approximate surface area is 195 Å². The molecule has 0 aliphatic heterocycles. The van der Waals surface area contributed by atoms with Gasteiger partial charge in [-0.2, -0.15) is 0 Å². The first-order valence-corrected chi connectivity index (χ1v) is 12.2. The number of ether oxygens (including phenoxy) is 2. The van der Waals surface area contributed by atoms with Gasteiger partial charge in [0.1, 0.15) is 9.88 Å². The summed E-state index contributed by atoms with van der Waals surface area (Å²) in [4.78, 5) is 39.4. The minimum absolute atomic E-state index is 0.185. The summed E-state index contributed by atoms with van der Waals surface area (Å²) < 4.78 is 11.5. The second kappa shape index (κ2) is 10.3. The van der Waals surface area contributed by atoms with Gasteiger partial charge < -0.3 is 14.8 Å². The second-order valence-corrected chi connectivity index (χ2v) is 9.62. The Morgan fingerprint density at radius 1 is 1.03 bits per heavy atom. The summed E-state index contributed by atoms with van der Waals surface area (Å²) in [6.07, 6.45) is 1.37. The fourth-order valence-corrected chi connectivity index (χ4v) is 5.67. The van der Waals surface area contributed by atoms with Gasteiger partial charge in [0.25, 0.3) is 5.91 Å². The van der Waals surface area contributed by atoms with Crippen molar-refractivity contribution in [3.63, 3.8) is 0 Å². The Balaban J connectivity index is 2.03. The lowest BCUT2D eigenvalue weighted by Crippen LogP contribution is -2.15. The van der Waals surface area contributed by atoms with Crippen LogP contribution in [0, 0.1) is 6.92 Å². The van der Waals surface area contributed by atoms with Crippen LogP contribution in [0.15, 0.2) is 24.3 Å². The number of thiophene rings is 2. The van der Waals surface area contributed by atoms with Crippen LogP contribution in [0.2, 0.25) is 0 Å². The highest BCUT2D eigenvalue weighted by atomic mass is 32.1. The van der Waals surface area contributed by atoms with E-state index < -0.39 is 11.9 Å². The van der Waals surface area contributed by atoms with Crippen molar-refractivity contribution in [2.75, 3.05) is 11.9 Å². The standard InChI is InChI=1S/C24H27NO5S2/c1-6-10-16-15-11-8-9-12-17(15)31-20(16)21(26)25-22-18(23(27)29-7-2)14(5)19(32-22)24(28)30-13(3)4/h8-9,11-13H,6-7,10H2,1-5H3,(H,25,26). The number of amides is 1. The molecule has 1 N–H and O–H groups in total. The average molecular weight is 474 g/mol. The SMILES string of the molecule is CCCc1c(C(=O)Nc2sc(C(=O)OC(C)C)c(C)c2C(=O)OCC)sc2ccccc12. The van der Waals surface area contributed by atoms with Crippen molar-refractivity contribution in [2.45, 2.75) is 53.6 Å². The molecule has 170 valence electrons. The summed E-state index contributed by atoms with van der Waals surface area (Å²) in [5.41, 5.74) is 1.63. The smallest absolute Gasteiger partial charge is 0.348 e. The molecule has 0 atom stereocenters. The highest BCUT2D eigenvalue weighted by Gasteiger charge is 2.29. The van der Waals surface area contributed by atoms with E-state index >= 15 is 0 Å². The molecule has 0 bridgehead atoms. The highest BCUT2D eigenvalue weighted by Crippen LogP contribution is 2.37. The maximum atomic E-state index is 13.3. The number of benzene rings is 1. The van der Waals surface area contributed by atoms with Crippen LogP contribution in [0.5, 0.6) is 0 Å². The van der Waals surface area contributed by atoms with Gasteiger partial charge in [0.15, 0.2) is 0 Å². The maximum Gasteiger partial charge on any atom is 0.348 e. The van der Waals surface area contributed by atoms with Gasteiger partial charge in [0.2, 0.25) is 0 Å². The van der Waals surface area contributed by atoms with Gasteiger partial charge in [-0.05, 0) is 56.7 Å². The molecule has 0 saturated carbocycles. The van der Waals surface area contributed by atoms with Crippen molar-refractivity contribution in [2.24, 2.45) is 0 Å². The van der Waals surface area contributed by atoms with Crippen LogP contribution in [0.25, 0.3) is 10.1 Å². The number of aryl methyl sites for hydroxylation is 1. The summed E-state index contributed by atoms with van der Waals surface area (Å²) >= 11 is 2.46. The van der Waals surface area contributed by atoms with Crippen molar-refractivity contribution in [1.29, 1.82) is 0 Å². The molecule has 0 aliphatic carbocycles. The number of hydrogen-bond donors (Lipinski definition) is 1. The van der Waals surface area contributed by atoms with Crippen molar-refractivity contribution in [3.05, 3.63) is 50.7 Å². The lowest BCUT2D eigenvalue weighted by Gasteiger charge is -2.08. The molecule has 0 fully saturated rings. The van der Waals surface area contributed by atoms with Crippen LogP contribution in [-0.2, 0) is 15.9 Å². The molecule has 1 amide bonds. The van der Waals surface area contributed by atoms with E-state index in [-0.39, 0.29) is 29.1 Å². The van der Waals surface area contributed by atoms with Crippen molar-refractivity contribution in [1.82, 2.24) is 0 Å². The van der Waals surface area contributed by atoms with Gasteiger partial charge in [-0.15, -0.1) is 22.7 Å². The molecule has 0 aliphatic rings. The molecule has 1 aromatic carbocycles. The first-order chi connectivity index (χ1) is 15.3. The zero-order valence-corrected chi connectivity index (χ0v) is 20.5. The first-order valence-electron chi connectivity index (χ1n) is 10.6. The summed E-state index contributed by atoms with van der Waals surface area (Å²) in [5.74, 6) is -1.41. The summed E-state index contributed by atoms with van der Waals surface area (Å²) in [7, 11) is 0. The third-order valence-electron chi connectivity index (χ3n) is 4.79. The molecule has 6 nitrogen and oxygen atoms in total. The third kappa shape index (κ3) is 4.86. The van der Waals surface area contributed by atoms with Crippen molar-refractivity contribution >= 4 is 55.6 Å². The molecule has 32 heavy (non-hydrogen) atoms. The second-order valence-electron chi connectivity index (χ2n) is 7.54. The van der Waals surface area contributed by atoms with Crippen LogP contribution in [-0.4, -0.2) is 30.6 Å². The summed E-state index contributed by atoms with van der Waals surface area (Å²) in [6, 6.07) is 7.93. The lowest BCUT2D eigenvalue weighted by molar-refractivity contribution is 0.0383. The Morgan fingerprint density at radius 3 is 2.41 bits per heavy atom. The minimum Gasteiger partial charge on any atom is -0.462 e. The molecule has 3 aromatic rings. The third-order valence-corrected chi connectivity index (χ3v) is 7.19. The molecule has 3 rings (SSSR count). The van der Waals surface area contributed by atoms with E-state index in [9.17, 15) is 14.4 Å². The number of esters is 2. The molecule has 2 heterocycles. The van der Waals surface area contributed by atoms with Crippen molar-refractivity contribution < 1.29 is 23.9 Å². The number of carbonyl (C=O) groups excluding carboxylic acids is 3. The average Bonchev–Trinajstić information content (AvgIpc) is 3.26. The summed E-state index contributed by atoms with van der Waals surface area (Å²) in [6.45, 7) is 9.14. The van der Waals surface area contributed by atoms with Crippen molar-refractivity contribution in [3.8, 4) is 0 Å². The predicted molar refractivity (Wildman–Crippen MR) is 129 cm³/mol. The molecular weight excluding hydrogens is 446 g/mol. The lowest BCUT2D eigenvalue weighted by atomic mass is 10.1. The van der Waals surface area contributed by atoms with E-state index in [4.69, 9.17) is 9.47 Å². The fraction of sp³-hybridized carbons (Fsp3) is 0.375. The van der Waals surface area contributed by atoms with Gasteiger partial charge in [0.05, 0.1) is 23.2 Å². The molecular formula is C24H27NO5S2. The van der Waals surface area contributed by atoms with Gasteiger partial charge in [-0.3, -0.25) is 4.79 Å². The van der Waals surface area contributed by atoms with Gasteiger partial charge in [-0.1, -0.05) is 31.5 Å². The number of carbonyl (C=O) groups is 3. The first kappa shape index (κ1) is 23.9. The number of rotatable bonds is 8. The van der Waals surface area contributed by atoms with Crippen LogP contribution in [0.3, 0.4) is 0 Å². The molecule has 0 unspecified atom stereocenters. The van der Waals surface area contributed by atoms with Gasteiger partial charge in [0, 0.05) is 4.70 Å². The Bertz CT molecular complexity index is 1160. The van der Waals surface area contributed by atoms with Crippen LogP contribution in [0.4, 0.5) is 5.00 Å². The predicted octanol–water partition coefficient (Wildman–Crippen LogP) is 6.22. The fourth-order valence-electron chi connectivity index (χ4n) is 3.45. The quantitative estimate of drug-likeness (QED) is 0.393. The number of hydrogen-bond acceptors (Lipinski definition) is 7. The largest absolute Gasteiger partial charge is 0.462 e. The Kier molecular flexibility index (Phi) is 7.69. The monoisotopic (exact) mass is 473 g/mol. The maximum absolute atomic E-state index is 13.3. The van der Waals surface area contributed by atoms with E-state index in [0.29, 0.717) is 15.4 Å². The zero-order chi connectivity index (χ0) is 23.4. The number of fused-ring (bicyclic) bond motifs is 1. The molecule has 0 radical (unpaired) electrons. The molecule has 0 spiro atoms. The number of anilines is 1. The Morgan fingerprint density at radius 2 is 1.75 bits per heavy atom. The van der Waals surface area contributed by atoms with Crippen LogP contribution >= 0.6 is 22.7 Å². The highest BCUT2D eigenvalue weighted by molar-refractivity contribution is 7.21. The topological polar surface area (TPSA) is 81.7 Å². The molecule has 2 aromatic heterocycles. The molecule has 8 heteroatoms. The van der Waals surface area contributed by atoms with E-state index in [1.54, 1.807) is 27.7 Å².